The van der Waals surface area contributed by atoms with Gasteiger partial charge in [0.2, 0.25) is 11.8 Å². The van der Waals surface area contributed by atoms with E-state index in [4.69, 9.17) is 4.52 Å². The van der Waals surface area contributed by atoms with Crippen molar-refractivity contribution in [1.29, 1.82) is 0 Å². The summed E-state index contributed by atoms with van der Waals surface area (Å²) in [5, 5.41) is 3.91. The predicted octanol–water partition coefficient (Wildman–Crippen LogP) is 3.39. The molecule has 0 unspecified atom stereocenters. The summed E-state index contributed by atoms with van der Waals surface area (Å²) < 4.78 is 5.20. The Morgan fingerprint density at radius 2 is 2.30 bits per heavy atom. The molecule has 1 aromatic heterocycles. The van der Waals surface area contributed by atoms with Gasteiger partial charge in [-0.1, -0.05) is 17.3 Å². The highest BCUT2D eigenvalue weighted by Crippen LogP contribution is 2.37. The van der Waals surface area contributed by atoms with Crippen molar-refractivity contribution in [3.05, 3.63) is 36.0 Å². The molecule has 23 heavy (non-hydrogen) atoms. The van der Waals surface area contributed by atoms with Gasteiger partial charge in [-0.25, -0.2) is 0 Å². The van der Waals surface area contributed by atoms with Crippen molar-refractivity contribution >= 4 is 35.1 Å². The first-order valence-electron chi connectivity index (χ1n) is 7.53. The van der Waals surface area contributed by atoms with Crippen molar-refractivity contribution in [2.45, 2.75) is 36.5 Å². The van der Waals surface area contributed by atoms with Crippen LogP contribution in [0.25, 0.3) is 0 Å². The highest BCUT2D eigenvalue weighted by molar-refractivity contribution is 7.99. The third-order valence-electron chi connectivity index (χ3n) is 3.65. The summed E-state index contributed by atoms with van der Waals surface area (Å²) in [7, 11) is 0. The van der Waals surface area contributed by atoms with Crippen molar-refractivity contribution in [2.24, 2.45) is 0 Å². The number of hydrogen-bond acceptors (Lipinski definition) is 6. The Kier molecular flexibility index (Phi) is 5.27. The lowest BCUT2D eigenvalue weighted by molar-refractivity contribution is -0.119. The molecule has 0 spiro atoms. The van der Waals surface area contributed by atoms with Crippen molar-refractivity contribution in [3.8, 4) is 0 Å². The number of amides is 1. The van der Waals surface area contributed by atoms with E-state index in [9.17, 15) is 4.79 Å². The maximum absolute atomic E-state index is 12.7. The minimum Gasteiger partial charge on any atom is -0.339 e. The number of aromatic nitrogens is 2. The number of hydrogen-bond donors (Lipinski definition) is 0. The minimum absolute atomic E-state index is 0.106. The van der Waals surface area contributed by atoms with Gasteiger partial charge in [0.1, 0.15) is 0 Å². The average molecular weight is 349 g/mol. The van der Waals surface area contributed by atoms with Crippen LogP contribution in [0.15, 0.2) is 33.7 Å². The molecule has 1 aromatic carbocycles. The van der Waals surface area contributed by atoms with Crippen LogP contribution in [-0.2, 0) is 17.0 Å². The summed E-state index contributed by atoms with van der Waals surface area (Å²) in [4.78, 5) is 20.1. The minimum atomic E-state index is 0.106. The Morgan fingerprint density at radius 3 is 3.13 bits per heavy atom. The number of nitrogens with zero attached hydrogens (tertiary/aromatic N) is 3. The third-order valence-corrected chi connectivity index (χ3v) is 5.50. The van der Waals surface area contributed by atoms with Crippen molar-refractivity contribution in [3.63, 3.8) is 0 Å². The molecule has 0 bridgehead atoms. The van der Waals surface area contributed by atoms with Crippen molar-refractivity contribution in [1.82, 2.24) is 10.1 Å². The Hall–Kier alpha value is -1.47. The van der Waals surface area contributed by atoms with Crippen LogP contribution in [0.1, 0.15) is 25.1 Å². The first kappa shape index (κ1) is 16.4. The SMILES string of the molecule is CSCc1noc(CCC(=O)N2c3ccccc3SC[C@@H]2C)n1. The lowest BCUT2D eigenvalue weighted by Gasteiger charge is -2.34. The molecule has 1 aliphatic rings. The van der Waals surface area contributed by atoms with Gasteiger partial charge in [0, 0.05) is 29.5 Å². The third kappa shape index (κ3) is 3.72. The lowest BCUT2D eigenvalue weighted by atomic mass is 10.2. The number of fused-ring (bicyclic) bond motifs is 1. The van der Waals surface area contributed by atoms with E-state index in [1.807, 2.05) is 29.4 Å². The summed E-state index contributed by atoms with van der Waals surface area (Å²) in [6, 6.07) is 8.26. The van der Waals surface area contributed by atoms with Crippen molar-refractivity contribution in [2.75, 3.05) is 16.9 Å². The molecule has 7 heteroatoms. The Morgan fingerprint density at radius 1 is 1.48 bits per heavy atom. The quantitative estimate of drug-likeness (QED) is 0.825. The first-order valence-corrected chi connectivity index (χ1v) is 9.91. The number of carbonyl (C=O) groups is 1. The number of aryl methyl sites for hydroxylation is 1. The topological polar surface area (TPSA) is 59.2 Å². The number of carbonyl (C=O) groups excluding carboxylic acids is 1. The van der Waals surface area contributed by atoms with E-state index >= 15 is 0 Å². The zero-order valence-corrected chi connectivity index (χ0v) is 14.8. The molecule has 1 aliphatic heterocycles. The molecular formula is C16H19N3O2S2. The van der Waals surface area contributed by atoms with Crippen LogP contribution in [0.3, 0.4) is 0 Å². The molecule has 0 saturated carbocycles. The van der Waals surface area contributed by atoms with Gasteiger partial charge in [0.05, 0.1) is 11.4 Å². The monoisotopic (exact) mass is 349 g/mol. The lowest BCUT2D eigenvalue weighted by Crippen LogP contribution is -2.42. The summed E-state index contributed by atoms with van der Waals surface area (Å²) in [6.07, 6.45) is 2.86. The molecule has 0 N–H and O–H groups in total. The fourth-order valence-corrected chi connectivity index (χ4v) is 4.03. The molecule has 0 aliphatic carbocycles. The number of rotatable bonds is 5. The Bertz CT molecular complexity index is 689. The predicted molar refractivity (Wildman–Crippen MR) is 94.0 cm³/mol. The van der Waals surface area contributed by atoms with E-state index in [0.29, 0.717) is 24.6 Å². The van der Waals surface area contributed by atoms with E-state index < -0.39 is 0 Å². The van der Waals surface area contributed by atoms with Gasteiger partial charge in [0.15, 0.2) is 5.82 Å². The van der Waals surface area contributed by atoms with E-state index in [0.717, 1.165) is 17.2 Å². The Labute approximate surface area is 144 Å². The van der Waals surface area contributed by atoms with Gasteiger partial charge >= 0.3 is 0 Å². The molecule has 122 valence electrons. The van der Waals surface area contributed by atoms with Crippen LogP contribution >= 0.6 is 23.5 Å². The van der Waals surface area contributed by atoms with Crippen LogP contribution in [0.5, 0.6) is 0 Å². The van der Waals surface area contributed by atoms with Gasteiger partial charge in [-0.15, -0.1) is 11.8 Å². The van der Waals surface area contributed by atoms with Gasteiger partial charge in [-0.3, -0.25) is 4.79 Å². The Balaban J connectivity index is 1.68. The zero-order valence-electron chi connectivity index (χ0n) is 13.2. The molecule has 2 aromatic rings. The molecule has 3 rings (SSSR count). The molecule has 2 heterocycles. The van der Waals surface area contributed by atoms with Gasteiger partial charge < -0.3 is 9.42 Å². The van der Waals surface area contributed by atoms with Crippen LogP contribution in [0, 0.1) is 0 Å². The molecule has 0 saturated heterocycles. The summed E-state index contributed by atoms with van der Waals surface area (Å²) >= 11 is 3.45. The molecule has 5 nitrogen and oxygen atoms in total. The second kappa shape index (κ2) is 7.40. The number of para-hydroxylation sites is 1. The largest absolute Gasteiger partial charge is 0.339 e. The summed E-state index contributed by atoms with van der Waals surface area (Å²) in [6.45, 7) is 2.09. The second-order valence-corrected chi connectivity index (χ2v) is 7.36. The molecule has 0 fully saturated rings. The van der Waals surface area contributed by atoms with Crippen LogP contribution in [-0.4, -0.2) is 34.1 Å². The average Bonchev–Trinajstić information content (AvgIpc) is 3.00. The van der Waals surface area contributed by atoms with E-state index in [1.54, 1.807) is 23.5 Å². The fourth-order valence-electron chi connectivity index (χ4n) is 2.59. The normalized spacial score (nSPS) is 17.1. The fraction of sp³-hybridized carbons (Fsp3) is 0.438. The molecule has 1 amide bonds. The zero-order chi connectivity index (χ0) is 16.2. The maximum Gasteiger partial charge on any atom is 0.227 e. The van der Waals surface area contributed by atoms with Gasteiger partial charge in [-0.2, -0.15) is 16.7 Å². The van der Waals surface area contributed by atoms with Crippen LogP contribution < -0.4 is 4.90 Å². The van der Waals surface area contributed by atoms with Gasteiger partial charge in [-0.05, 0) is 25.3 Å². The number of benzene rings is 1. The highest BCUT2D eigenvalue weighted by atomic mass is 32.2. The smallest absolute Gasteiger partial charge is 0.227 e. The van der Waals surface area contributed by atoms with Crippen molar-refractivity contribution < 1.29 is 9.32 Å². The molecular weight excluding hydrogens is 330 g/mol. The second-order valence-electron chi connectivity index (χ2n) is 5.43. The standard InChI is InChI=1S/C16H19N3O2S2/c1-11-9-23-13-6-4-3-5-12(13)19(11)16(20)8-7-15-17-14(10-22-2)18-21-15/h3-6,11H,7-10H2,1-2H3/t11-/m0/s1. The van der Waals surface area contributed by atoms with Crippen LogP contribution in [0.2, 0.25) is 0 Å². The summed E-state index contributed by atoms with van der Waals surface area (Å²) in [5.74, 6) is 2.98. The number of thioether (sulfide) groups is 2. The maximum atomic E-state index is 12.7. The number of anilines is 1. The van der Waals surface area contributed by atoms with Crippen LogP contribution in [0.4, 0.5) is 5.69 Å². The van der Waals surface area contributed by atoms with Gasteiger partial charge in [0.25, 0.3) is 0 Å². The van der Waals surface area contributed by atoms with E-state index in [1.165, 1.54) is 4.90 Å². The van der Waals surface area contributed by atoms with E-state index in [-0.39, 0.29) is 11.9 Å². The molecule has 1 atom stereocenters. The summed E-state index contributed by atoms with van der Waals surface area (Å²) in [5.41, 5.74) is 1.01. The first-order chi connectivity index (χ1) is 11.2. The van der Waals surface area contributed by atoms with E-state index in [2.05, 4.69) is 23.1 Å². The highest BCUT2D eigenvalue weighted by Gasteiger charge is 2.28. The molecule has 0 radical (unpaired) electrons.